The minimum Gasteiger partial charge on any atom is -0.472 e. The molecule has 3 heterocycles. The Morgan fingerprint density at radius 3 is 0.932 bits per heavy atom. The smallest absolute Gasteiger partial charge is 0.472 e. The molecule has 0 radical (unpaired) electrons. The highest BCUT2D eigenvalue weighted by Crippen LogP contribution is 2.34. The normalized spacial score (nSPS) is 11.4. The number of aliphatic hydroxyl groups is 3. The maximum atomic E-state index is 13.4. The monoisotopic (exact) mass is 1060 g/mol. The quantitative estimate of drug-likeness (QED) is 0.0214. The molecule has 3 aromatic heterocycles. The van der Waals surface area contributed by atoms with Gasteiger partial charge in [-0.05, 0) is 92.1 Å². The average Bonchev–Trinajstić information content (AvgIpc) is 4.21. The van der Waals surface area contributed by atoms with Crippen molar-refractivity contribution >= 4 is 40.0 Å². The van der Waals surface area contributed by atoms with Crippen LogP contribution in [0, 0.1) is 0 Å². The second-order valence-electron chi connectivity index (χ2n) is 18.4. The maximum absolute atomic E-state index is 13.4. The Morgan fingerprint density at radius 2 is 0.699 bits per heavy atom. The fourth-order valence-corrected chi connectivity index (χ4v) is 10.5. The summed E-state index contributed by atoms with van der Waals surface area (Å²) in [4.78, 5) is 13.4. The van der Waals surface area contributed by atoms with Gasteiger partial charge in [0.05, 0.1) is 13.2 Å². The summed E-state index contributed by atoms with van der Waals surface area (Å²) in [5, 5.41) is 67.1. The summed E-state index contributed by atoms with van der Waals surface area (Å²) >= 11 is 4.74. The second-order valence-corrected chi connectivity index (χ2v) is 21.6. The number of nitrogens with zero attached hydrogens (tertiary/aromatic N) is 6. The Morgan fingerprint density at radius 1 is 0.438 bits per heavy atom. The van der Waals surface area contributed by atoms with Gasteiger partial charge in [-0.15, -0.1) is 30.6 Å². The van der Waals surface area contributed by atoms with E-state index in [1.165, 1.54) is 116 Å². The predicted octanol–water partition coefficient (Wildman–Crippen LogP) is 13.7. The Hall–Kier alpha value is -4.91. The number of benzene rings is 3. The van der Waals surface area contributed by atoms with E-state index in [1.54, 1.807) is 70.4 Å². The molecule has 4 N–H and O–H groups in total. The SMILES string of the molecule is CCCCCCCCCc1nnc(-c2ccc(OC(Oc3ccc(-c4nnc(CCCCCCCCC)s4)cc3)(Oc3ccc(-c4nnc(CCCCCCCCC)s4)cc3)C(=O)O)cc2)s1.OCC(O)CO. The van der Waals surface area contributed by atoms with Crippen LogP contribution in [0.3, 0.4) is 0 Å². The summed E-state index contributed by atoms with van der Waals surface area (Å²) in [6.07, 6.45) is 27.9. The molecule has 3 aromatic carbocycles. The van der Waals surface area contributed by atoms with E-state index in [0.717, 1.165) is 85.3 Å². The molecule has 14 nitrogen and oxygen atoms in total. The van der Waals surface area contributed by atoms with Gasteiger partial charge in [-0.3, -0.25) is 0 Å². The molecule has 0 aliphatic carbocycles. The number of hydrogen-bond donors (Lipinski definition) is 4. The Labute approximate surface area is 444 Å². The predicted molar refractivity (Wildman–Crippen MR) is 294 cm³/mol. The van der Waals surface area contributed by atoms with Crippen molar-refractivity contribution in [3.8, 4) is 49.0 Å². The van der Waals surface area contributed by atoms with Crippen LogP contribution in [0.5, 0.6) is 17.2 Å². The van der Waals surface area contributed by atoms with Crippen LogP contribution in [0.4, 0.5) is 0 Å². The van der Waals surface area contributed by atoms with Gasteiger partial charge < -0.3 is 34.6 Å². The lowest BCUT2D eigenvalue weighted by molar-refractivity contribution is -0.255. The fourth-order valence-electron chi connectivity index (χ4n) is 7.83. The summed E-state index contributed by atoms with van der Waals surface area (Å²) in [5.74, 6) is -3.37. The number of carboxylic acid groups (broad SMARTS) is 1. The number of aliphatic hydroxyl groups excluding tert-OH is 3. The molecule has 0 amide bonds. The number of ether oxygens (including phenoxy) is 3. The molecule has 0 bridgehead atoms. The number of carbonyl (C=O) groups is 1. The molecule has 0 fully saturated rings. The van der Waals surface area contributed by atoms with Gasteiger partial charge in [0.1, 0.15) is 53.4 Å². The van der Waals surface area contributed by atoms with Crippen LogP contribution in [-0.4, -0.2) is 82.3 Å². The van der Waals surface area contributed by atoms with Crippen molar-refractivity contribution in [1.29, 1.82) is 0 Å². The van der Waals surface area contributed by atoms with Crippen molar-refractivity contribution < 1.29 is 39.4 Å². The van der Waals surface area contributed by atoms with Crippen LogP contribution in [0.2, 0.25) is 0 Å². The molecule has 0 aliphatic rings. The summed E-state index contributed by atoms with van der Waals surface area (Å²) in [6.45, 7) is 5.99. The van der Waals surface area contributed by atoms with Crippen LogP contribution >= 0.6 is 34.0 Å². The molecule has 0 saturated carbocycles. The number of aliphatic carboxylic acids is 1. The number of hydrogen-bond acceptors (Lipinski definition) is 16. The number of rotatable bonds is 36. The van der Waals surface area contributed by atoms with E-state index < -0.39 is 18.0 Å². The zero-order chi connectivity index (χ0) is 51.9. The highest BCUT2D eigenvalue weighted by atomic mass is 32.1. The fraction of sp³-hybridized carbons (Fsp3) is 0.554. The molecule has 0 unspecified atom stereocenters. The average molecular weight is 1060 g/mol. The number of unbranched alkanes of at least 4 members (excludes halogenated alkanes) is 18. The summed E-state index contributed by atoms with van der Waals surface area (Å²) in [7, 11) is 0. The molecule has 73 heavy (non-hydrogen) atoms. The third kappa shape index (κ3) is 21.1. The van der Waals surface area contributed by atoms with Gasteiger partial charge in [-0.1, -0.05) is 170 Å². The lowest BCUT2D eigenvalue weighted by Gasteiger charge is -2.30. The summed E-state index contributed by atoms with van der Waals surface area (Å²) in [6, 6.07) is 21.2. The minimum atomic E-state index is -2.60. The first-order valence-electron chi connectivity index (χ1n) is 26.7. The van der Waals surface area contributed by atoms with Gasteiger partial charge in [-0.25, -0.2) is 4.79 Å². The molecule has 0 atom stereocenters. The first-order valence-corrected chi connectivity index (χ1v) is 29.1. The van der Waals surface area contributed by atoms with Crippen molar-refractivity contribution in [3.63, 3.8) is 0 Å². The van der Waals surface area contributed by atoms with E-state index in [2.05, 4.69) is 51.4 Å². The number of carboxylic acids is 1. The van der Waals surface area contributed by atoms with Gasteiger partial charge in [0.2, 0.25) is 0 Å². The van der Waals surface area contributed by atoms with Crippen LogP contribution in [0.25, 0.3) is 31.7 Å². The lowest BCUT2D eigenvalue weighted by Crippen LogP contribution is -2.55. The molecule has 0 saturated heterocycles. The number of aromatic nitrogens is 6. The van der Waals surface area contributed by atoms with E-state index in [1.807, 2.05) is 36.4 Å². The minimum absolute atomic E-state index is 0.233. The van der Waals surface area contributed by atoms with Gasteiger partial charge in [0.25, 0.3) is 0 Å². The van der Waals surface area contributed by atoms with Crippen LogP contribution in [0.1, 0.15) is 171 Å². The number of aryl methyl sites for hydroxylation is 3. The van der Waals surface area contributed by atoms with Crippen LogP contribution in [-0.2, 0) is 24.1 Å². The topological polar surface area (TPSA) is 203 Å². The van der Waals surface area contributed by atoms with Crippen LogP contribution < -0.4 is 14.2 Å². The Balaban J connectivity index is 0.00000155. The second kappa shape index (κ2) is 33.8. The van der Waals surface area contributed by atoms with Crippen molar-refractivity contribution in [1.82, 2.24) is 30.6 Å². The van der Waals surface area contributed by atoms with E-state index in [0.29, 0.717) is 0 Å². The van der Waals surface area contributed by atoms with Crippen molar-refractivity contribution in [2.45, 2.75) is 187 Å². The molecule has 398 valence electrons. The van der Waals surface area contributed by atoms with E-state index >= 15 is 0 Å². The third-order valence-corrected chi connectivity index (χ3v) is 15.2. The van der Waals surface area contributed by atoms with Crippen molar-refractivity contribution in [2.75, 3.05) is 13.2 Å². The summed E-state index contributed by atoms with van der Waals surface area (Å²) in [5.41, 5.74) is 2.57. The largest absolute Gasteiger partial charge is 0.523 e. The summed E-state index contributed by atoms with van der Waals surface area (Å²) < 4.78 is 18.7. The molecule has 6 aromatic rings. The maximum Gasteiger partial charge on any atom is 0.523 e. The Bertz CT molecular complexity index is 2150. The molecule has 0 spiro atoms. The molecule has 6 rings (SSSR count). The first-order chi connectivity index (χ1) is 35.7. The van der Waals surface area contributed by atoms with Gasteiger partial charge in [0, 0.05) is 36.0 Å². The molecule has 0 aliphatic heterocycles. The zero-order valence-electron chi connectivity index (χ0n) is 43.2. The standard InChI is InChI=1S/C53H70N6O5S3.C3H8O3/c1-4-7-10-13-16-19-22-25-46-54-57-49(65-46)40-28-34-43(35-29-40)62-53(52(60)61,63-44-36-30-41(31-37-44)50-58-55-47(66-50)26-23-20-17-14-11-8-5-2)64-45-38-32-42(33-39-45)51-59-56-48(67-51)27-24-21-18-15-12-9-6-3;4-1-3(6)2-5/h28-39H,4-27H2,1-3H3,(H,60,61);3-6H,1-2H2. The van der Waals surface area contributed by atoms with Crippen LogP contribution in [0.15, 0.2) is 72.8 Å². The lowest BCUT2D eigenvalue weighted by atomic mass is 10.1. The van der Waals surface area contributed by atoms with Gasteiger partial charge in [0.15, 0.2) is 0 Å². The van der Waals surface area contributed by atoms with Gasteiger partial charge in [-0.2, -0.15) is 0 Å². The van der Waals surface area contributed by atoms with Crippen molar-refractivity contribution in [2.24, 2.45) is 0 Å². The first kappa shape index (κ1) is 59.0. The van der Waals surface area contributed by atoms with Gasteiger partial charge >= 0.3 is 11.9 Å². The molecular formula is C56H78N6O8S3. The van der Waals surface area contributed by atoms with E-state index in [-0.39, 0.29) is 30.5 Å². The van der Waals surface area contributed by atoms with E-state index in [4.69, 9.17) is 29.5 Å². The molecular weight excluding hydrogens is 981 g/mol. The third-order valence-electron chi connectivity index (χ3n) is 12.1. The Kier molecular flexibility index (Phi) is 27.3. The highest BCUT2D eigenvalue weighted by Gasteiger charge is 2.49. The highest BCUT2D eigenvalue weighted by molar-refractivity contribution is 7.15. The zero-order valence-corrected chi connectivity index (χ0v) is 45.7. The van der Waals surface area contributed by atoms with Crippen molar-refractivity contribution in [3.05, 3.63) is 87.8 Å². The molecule has 17 heteroatoms. The van der Waals surface area contributed by atoms with E-state index in [9.17, 15) is 9.90 Å².